The third-order valence-electron chi connectivity index (χ3n) is 10.3. The molecule has 0 radical (unpaired) electrons. The first kappa shape index (κ1) is 53.9. The zero-order valence-corrected chi connectivity index (χ0v) is 39.4. The highest BCUT2D eigenvalue weighted by molar-refractivity contribution is 7.86. The lowest BCUT2D eigenvalue weighted by Gasteiger charge is -2.30. The number of allylic oxidation sites excluding steroid dienone is 6. The highest BCUT2D eigenvalue weighted by Crippen LogP contribution is 2.51. The fourth-order valence-corrected chi connectivity index (χ4v) is 8.60. The van der Waals surface area contributed by atoms with Crippen molar-refractivity contribution in [3.05, 3.63) is 77.5 Å². The van der Waals surface area contributed by atoms with Crippen LogP contribution in [0, 0.1) is 5.41 Å². The molecule has 1 aliphatic heterocycles. The van der Waals surface area contributed by atoms with Crippen molar-refractivity contribution >= 4 is 47.3 Å². The Morgan fingerprint density at radius 1 is 0.810 bits per heavy atom. The van der Waals surface area contributed by atoms with Crippen LogP contribution in [0.4, 0.5) is 11.4 Å². The Morgan fingerprint density at radius 3 is 2.00 bits per heavy atom. The molecule has 0 aromatic heterocycles. The van der Waals surface area contributed by atoms with Crippen molar-refractivity contribution in [1.82, 2.24) is 0 Å². The summed E-state index contributed by atoms with van der Waals surface area (Å²) >= 11 is 0. The fraction of sp³-hybridized carbons (Fsp3) is 0.581. The number of hydrogen-bond donors (Lipinski definition) is 5. The first-order valence-corrected chi connectivity index (χ1v) is 25.5. The number of anilines is 2. The predicted molar refractivity (Wildman–Crippen MR) is 243 cm³/mol. The predicted octanol–water partition coefficient (Wildman–Crippen LogP) is 5.51. The standard InChI is InChI=1S/C43H66N2O15S3/c1-42(2,3)18-16-34(37-14-12-35(32-40(37)47)44(19-9-31-62(51,52)53)21-23-58-26-27-60-29-28-59-25-24-57-5)10-6-11-41-43(4,17-7-30-61(48,49)50)38-33-36(63(54,55)56)13-15-39(38)45(41)20-8-22-46/h6,10-16,32-33,46-47H,7-9,17-31H2,1-5H3,(H,48,49,50)(H,51,52,53)(H,54,55,56)/b10-6+,34-16-,41-11-. The van der Waals surface area contributed by atoms with Crippen molar-refractivity contribution in [1.29, 1.82) is 0 Å². The Balaban J connectivity index is 1.98. The van der Waals surface area contributed by atoms with E-state index in [4.69, 9.17) is 18.9 Å². The number of benzene rings is 2. The Kier molecular flexibility index (Phi) is 21.2. The van der Waals surface area contributed by atoms with Crippen molar-refractivity contribution in [2.24, 2.45) is 5.41 Å². The molecule has 0 aliphatic carbocycles. The largest absolute Gasteiger partial charge is 0.507 e. The summed E-state index contributed by atoms with van der Waals surface area (Å²) in [5.74, 6) is -1.03. The van der Waals surface area contributed by atoms with E-state index in [-0.39, 0.29) is 55.1 Å². The molecule has 1 aliphatic rings. The molecule has 1 heterocycles. The molecule has 1 atom stereocenters. The molecule has 0 saturated carbocycles. The van der Waals surface area contributed by atoms with Crippen LogP contribution < -0.4 is 9.80 Å². The minimum atomic E-state index is -4.60. The molecule has 1 unspecified atom stereocenters. The molecule has 0 spiro atoms. The molecule has 0 saturated heterocycles. The van der Waals surface area contributed by atoms with Gasteiger partial charge in [0, 0.05) is 67.5 Å². The smallest absolute Gasteiger partial charge is 0.294 e. The summed E-state index contributed by atoms with van der Waals surface area (Å²) in [6, 6.07) is 9.34. The number of methoxy groups -OCH3 is 1. The van der Waals surface area contributed by atoms with E-state index >= 15 is 0 Å². The number of ether oxygens (including phenoxy) is 4. The van der Waals surface area contributed by atoms with Gasteiger partial charge in [0.05, 0.1) is 62.6 Å². The number of aliphatic hydroxyl groups is 1. The second kappa shape index (κ2) is 24.8. The molecule has 5 N–H and O–H groups in total. The van der Waals surface area contributed by atoms with Gasteiger partial charge in [-0.1, -0.05) is 39.0 Å². The topological polar surface area (TPSA) is 247 Å². The number of phenols is 1. The van der Waals surface area contributed by atoms with Gasteiger partial charge in [0.1, 0.15) is 5.75 Å². The van der Waals surface area contributed by atoms with Gasteiger partial charge in [-0.25, -0.2) is 0 Å². The Bertz CT molecular complexity index is 2200. The first-order valence-electron chi connectivity index (χ1n) is 20.8. The number of aromatic hydroxyl groups is 1. The van der Waals surface area contributed by atoms with Crippen molar-refractivity contribution in [2.45, 2.75) is 70.1 Å². The van der Waals surface area contributed by atoms with Gasteiger partial charge in [-0.05, 0) is 92.0 Å². The summed E-state index contributed by atoms with van der Waals surface area (Å²) < 4.78 is 121. The maximum Gasteiger partial charge on any atom is 0.294 e. The van der Waals surface area contributed by atoms with Gasteiger partial charge in [0.25, 0.3) is 30.4 Å². The van der Waals surface area contributed by atoms with Crippen molar-refractivity contribution in [2.75, 3.05) is 101 Å². The molecule has 3 rings (SSSR count). The van der Waals surface area contributed by atoms with Crippen molar-refractivity contribution < 1.29 is 68.1 Å². The Hall–Kier alpha value is -3.41. The molecular formula is C43H66N2O15S3. The minimum Gasteiger partial charge on any atom is -0.507 e. The summed E-state index contributed by atoms with van der Waals surface area (Å²) in [7, 11) is -11.5. The van der Waals surface area contributed by atoms with E-state index in [0.29, 0.717) is 99.3 Å². The average Bonchev–Trinajstić information content (AvgIpc) is 3.40. The van der Waals surface area contributed by atoms with Crippen LogP contribution in [0.5, 0.6) is 5.75 Å². The highest BCUT2D eigenvalue weighted by Gasteiger charge is 2.43. The number of phenolic OH excluding ortho intramolecular Hbond substituents is 1. The number of hydrogen-bond acceptors (Lipinski definition) is 14. The minimum absolute atomic E-state index is 0.0238. The van der Waals surface area contributed by atoms with Gasteiger partial charge >= 0.3 is 0 Å². The second-order valence-electron chi connectivity index (χ2n) is 16.6. The lowest BCUT2D eigenvalue weighted by atomic mass is 9.77. The maximum atomic E-state index is 12.2. The van der Waals surface area contributed by atoms with Crippen LogP contribution in [-0.4, -0.2) is 140 Å². The molecule has 0 fully saturated rings. The number of nitrogens with zero attached hydrogens (tertiary/aromatic N) is 2. The number of aliphatic hydroxyl groups excluding tert-OH is 1. The average molecular weight is 947 g/mol. The van der Waals surface area contributed by atoms with Gasteiger partial charge in [-0.2, -0.15) is 25.3 Å². The second-order valence-corrected chi connectivity index (χ2v) is 21.2. The quantitative estimate of drug-likeness (QED) is 0.0383. The van der Waals surface area contributed by atoms with Crippen LogP contribution in [0.2, 0.25) is 0 Å². The summed E-state index contributed by atoms with van der Waals surface area (Å²) in [4.78, 5) is 3.43. The van der Waals surface area contributed by atoms with Crippen LogP contribution in [0.15, 0.2) is 71.3 Å². The van der Waals surface area contributed by atoms with E-state index in [9.17, 15) is 49.1 Å². The van der Waals surface area contributed by atoms with Crippen molar-refractivity contribution in [3.8, 4) is 5.75 Å². The van der Waals surface area contributed by atoms with E-state index in [2.05, 4.69) is 20.8 Å². The van der Waals surface area contributed by atoms with E-state index in [1.54, 1.807) is 37.5 Å². The fourth-order valence-electron chi connectivity index (χ4n) is 7.09. The third-order valence-corrected chi connectivity index (χ3v) is 12.7. The molecule has 356 valence electrons. The molecule has 20 heteroatoms. The summed E-state index contributed by atoms with van der Waals surface area (Å²) in [6.45, 7) is 11.5. The SMILES string of the molecule is COCCOCCOCCOCCN(CCCS(=O)(=O)O)c1ccc(C(=C\CC(C)(C)C)/C=C/C=C2\N(CCCO)c3ccc(S(=O)(=O)O)cc3C2(C)CCCS(=O)(=O)O)c(O)c1. The molecular weight excluding hydrogens is 881 g/mol. The van der Waals surface area contributed by atoms with Crippen LogP contribution in [0.1, 0.15) is 70.9 Å². The molecule has 2 aromatic carbocycles. The lowest BCUT2D eigenvalue weighted by molar-refractivity contribution is 0.00455. The van der Waals surface area contributed by atoms with E-state index in [1.807, 2.05) is 35.0 Å². The van der Waals surface area contributed by atoms with Crippen LogP contribution in [0.25, 0.3) is 5.57 Å². The summed E-state index contributed by atoms with van der Waals surface area (Å²) in [6.07, 6.45) is 8.67. The van der Waals surface area contributed by atoms with E-state index < -0.39 is 47.3 Å². The zero-order chi connectivity index (χ0) is 46.9. The zero-order valence-electron chi connectivity index (χ0n) is 36.9. The molecule has 0 bridgehead atoms. The lowest BCUT2D eigenvalue weighted by Crippen LogP contribution is -2.30. The highest BCUT2D eigenvalue weighted by atomic mass is 32.2. The molecule has 63 heavy (non-hydrogen) atoms. The summed E-state index contributed by atoms with van der Waals surface area (Å²) in [5, 5.41) is 21.4. The normalized spacial score (nSPS) is 17.0. The third kappa shape index (κ3) is 18.5. The van der Waals surface area contributed by atoms with Gasteiger partial charge in [0.15, 0.2) is 0 Å². The monoisotopic (exact) mass is 946 g/mol. The summed E-state index contributed by atoms with van der Waals surface area (Å²) in [5.41, 5.74) is 2.39. The molecule has 0 amide bonds. The van der Waals surface area contributed by atoms with Gasteiger partial charge < -0.3 is 39.0 Å². The van der Waals surface area contributed by atoms with Crippen LogP contribution >= 0.6 is 0 Å². The van der Waals surface area contributed by atoms with Crippen molar-refractivity contribution in [3.63, 3.8) is 0 Å². The Morgan fingerprint density at radius 2 is 1.43 bits per heavy atom. The van der Waals surface area contributed by atoms with E-state index in [0.717, 1.165) is 0 Å². The number of fused-ring (bicyclic) bond motifs is 1. The molecule has 17 nitrogen and oxygen atoms in total. The number of rotatable bonds is 29. The van der Waals surface area contributed by atoms with E-state index in [1.165, 1.54) is 12.1 Å². The van der Waals surface area contributed by atoms with Gasteiger partial charge in [0.2, 0.25) is 0 Å². The Labute approximate surface area is 373 Å². The first-order chi connectivity index (χ1) is 29.5. The van der Waals surface area contributed by atoms with Gasteiger partial charge in [-0.3, -0.25) is 13.7 Å². The van der Waals surface area contributed by atoms with Gasteiger partial charge in [-0.15, -0.1) is 0 Å². The van der Waals surface area contributed by atoms with Crippen LogP contribution in [-0.2, 0) is 54.7 Å². The van der Waals surface area contributed by atoms with Crippen LogP contribution in [0.3, 0.4) is 0 Å². The maximum absolute atomic E-state index is 12.2. The molecule has 2 aromatic rings.